The average Bonchev–Trinajstić information content (AvgIpc) is 2.46. The molecule has 0 spiro atoms. The van der Waals surface area contributed by atoms with E-state index in [0.29, 0.717) is 24.7 Å². The Kier molecular flexibility index (Phi) is 4.36. The van der Waals surface area contributed by atoms with Crippen molar-refractivity contribution in [3.8, 4) is 22.6 Å². The first-order valence-electron chi connectivity index (χ1n) is 6.01. The van der Waals surface area contributed by atoms with E-state index in [1.165, 1.54) is 12.1 Å². The third kappa shape index (κ3) is 3.23. The minimum absolute atomic E-state index is 0.251. The van der Waals surface area contributed by atoms with E-state index in [-0.39, 0.29) is 5.82 Å². The number of methoxy groups -OCH3 is 1. The molecule has 0 atom stereocenters. The van der Waals surface area contributed by atoms with Gasteiger partial charge in [-0.15, -0.1) is 0 Å². The number of halogens is 1. The van der Waals surface area contributed by atoms with Crippen LogP contribution in [-0.4, -0.2) is 20.3 Å². The Bertz CT molecular complexity index is 540. The van der Waals surface area contributed by atoms with Gasteiger partial charge in [-0.1, -0.05) is 18.2 Å². The zero-order valence-corrected chi connectivity index (χ0v) is 10.7. The van der Waals surface area contributed by atoms with E-state index >= 15 is 0 Å². The quantitative estimate of drug-likeness (QED) is 0.900. The molecule has 100 valence electrons. The summed E-state index contributed by atoms with van der Waals surface area (Å²) in [5.74, 6) is 1.03. The summed E-state index contributed by atoms with van der Waals surface area (Å²) in [5, 5.41) is 0. The molecule has 0 aliphatic carbocycles. The van der Waals surface area contributed by atoms with Crippen LogP contribution in [0.25, 0.3) is 11.1 Å². The van der Waals surface area contributed by atoms with Crippen molar-refractivity contribution < 1.29 is 13.9 Å². The van der Waals surface area contributed by atoms with Gasteiger partial charge >= 0.3 is 0 Å². The molecule has 2 rings (SSSR count). The lowest BCUT2D eigenvalue weighted by Gasteiger charge is -2.11. The van der Waals surface area contributed by atoms with E-state index in [2.05, 4.69) is 0 Å². The van der Waals surface area contributed by atoms with Crippen molar-refractivity contribution >= 4 is 0 Å². The van der Waals surface area contributed by atoms with Gasteiger partial charge in [0, 0.05) is 6.54 Å². The van der Waals surface area contributed by atoms with Crippen LogP contribution in [-0.2, 0) is 0 Å². The van der Waals surface area contributed by atoms with Crippen LogP contribution in [0.15, 0.2) is 42.5 Å². The second-order valence-corrected chi connectivity index (χ2v) is 4.01. The molecule has 2 aromatic rings. The molecule has 0 bridgehead atoms. The number of hydrogen-bond donors (Lipinski definition) is 1. The summed E-state index contributed by atoms with van der Waals surface area (Å²) in [7, 11) is 1.58. The molecule has 3 nitrogen and oxygen atoms in total. The van der Waals surface area contributed by atoms with Crippen molar-refractivity contribution in [1.82, 2.24) is 0 Å². The SMILES string of the molecule is COc1cc(-c2ccc(F)cc2)ccc1OCCN. The first kappa shape index (κ1) is 13.4. The lowest BCUT2D eigenvalue weighted by atomic mass is 10.1. The number of benzene rings is 2. The molecule has 2 N–H and O–H groups in total. The normalized spacial score (nSPS) is 10.3. The molecule has 0 fully saturated rings. The summed E-state index contributed by atoms with van der Waals surface area (Å²) >= 11 is 0. The fraction of sp³-hybridized carbons (Fsp3) is 0.200. The molecule has 0 radical (unpaired) electrons. The highest BCUT2D eigenvalue weighted by Gasteiger charge is 2.07. The van der Waals surface area contributed by atoms with Crippen molar-refractivity contribution in [3.05, 3.63) is 48.3 Å². The minimum atomic E-state index is -0.251. The molecule has 0 amide bonds. The Balaban J connectivity index is 2.30. The Morgan fingerprint density at radius 2 is 1.68 bits per heavy atom. The highest BCUT2D eigenvalue weighted by atomic mass is 19.1. The Hall–Kier alpha value is -2.07. The summed E-state index contributed by atoms with van der Waals surface area (Å²) in [4.78, 5) is 0. The van der Waals surface area contributed by atoms with E-state index in [1.807, 2.05) is 18.2 Å². The predicted molar refractivity (Wildman–Crippen MR) is 72.9 cm³/mol. The maximum Gasteiger partial charge on any atom is 0.161 e. The molecule has 0 saturated carbocycles. The van der Waals surface area contributed by atoms with Crippen LogP contribution in [0.5, 0.6) is 11.5 Å². The van der Waals surface area contributed by atoms with E-state index in [4.69, 9.17) is 15.2 Å². The lowest BCUT2D eigenvalue weighted by Crippen LogP contribution is -2.11. The van der Waals surface area contributed by atoms with Crippen LogP contribution in [0.2, 0.25) is 0 Å². The highest BCUT2D eigenvalue weighted by Crippen LogP contribution is 2.32. The van der Waals surface area contributed by atoms with Gasteiger partial charge in [-0.3, -0.25) is 0 Å². The third-order valence-electron chi connectivity index (χ3n) is 2.72. The predicted octanol–water partition coefficient (Wildman–Crippen LogP) is 2.84. The van der Waals surface area contributed by atoms with Gasteiger partial charge in [0.1, 0.15) is 12.4 Å². The van der Waals surface area contributed by atoms with Crippen molar-refractivity contribution in [2.45, 2.75) is 0 Å². The van der Waals surface area contributed by atoms with Gasteiger partial charge < -0.3 is 15.2 Å². The van der Waals surface area contributed by atoms with Gasteiger partial charge in [-0.2, -0.15) is 0 Å². The summed E-state index contributed by atoms with van der Waals surface area (Å²) in [6.07, 6.45) is 0. The monoisotopic (exact) mass is 261 g/mol. The smallest absolute Gasteiger partial charge is 0.161 e. The van der Waals surface area contributed by atoms with E-state index in [1.54, 1.807) is 19.2 Å². The average molecular weight is 261 g/mol. The molecular formula is C15H16FNO2. The standard InChI is InChI=1S/C15H16FNO2/c1-18-15-10-12(4-7-14(15)19-9-8-17)11-2-5-13(16)6-3-11/h2-7,10H,8-9,17H2,1H3. The largest absolute Gasteiger partial charge is 0.493 e. The Morgan fingerprint density at radius 1 is 1.00 bits per heavy atom. The van der Waals surface area contributed by atoms with Gasteiger partial charge in [0.05, 0.1) is 7.11 Å². The molecule has 0 unspecified atom stereocenters. The summed E-state index contributed by atoms with van der Waals surface area (Å²) < 4.78 is 23.7. The number of ether oxygens (including phenoxy) is 2. The fourth-order valence-electron chi connectivity index (χ4n) is 1.78. The molecule has 2 aromatic carbocycles. The Labute approximate surface area is 111 Å². The molecule has 19 heavy (non-hydrogen) atoms. The first-order valence-corrected chi connectivity index (χ1v) is 6.01. The second-order valence-electron chi connectivity index (χ2n) is 4.01. The van der Waals surface area contributed by atoms with Crippen LogP contribution in [0, 0.1) is 5.82 Å². The summed E-state index contributed by atoms with van der Waals surface area (Å²) in [6.45, 7) is 0.884. The van der Waals surface area contributed by atoms with Gasteiger partial charge in [0.25, 0.3) is 0 Å². The number of nitrogens with two attached hydrogens (primary N) is 1. The molecular weight excluding hydrogens is 245 g/mol. The van der Waals surface area contributed by atoms with Crippen molar-refractivity contribution in [2.24, 2.45) is 5.73 Å². The minimum Gasteiger partial charge on any atom is -0.493 e. The molecule has 0 aromatic heterocycles. The number of rotatable bonds is 5. The first-order chi connectivity index (χ1) is 9.24. The number of hydrogen-bond acceptors (Lipinski definition) is 3. The van der Waals surface area contributed by atoms with Crippen LogP contribution >= 0.6 is 0 Å². The molecule has 0 heterocycles. The van der Waals surface area contributed by atoms with Crippen molar-refractivity contribution in [1.29, 1.82) is 0 Å². The second kappa shape index (κ2) is 6.20. The van der Waals surface area contributed by atoms with E-state index in [9.17, 15) is 4.39 Å². The van der Waals surface area contributed by atoms with Gasteiger partial charge in [-0.25, -0.2) is 4.39 Å². The van der Waals surface area contributed by atoms with E-state index < -0.39 is 0 Å². The lowest BCUT2D eigenvalue weighted by molar-refractivity contribution is 0.302. The van der Waals surface area contributed by atoms with Gasteiger partial charge in [-0.05, 0) is 35.4 Å². The maximum absolute atomic E-state index is 12.9. The van der Waals surface area contributed by atoms with Gasteiger partial charge in [0.2, 0.25) is 0 Å². The van der Waals surface area contributed by atoms with Crippen LogP contribution in [0.4, 0.5) is 4.39 Å². The Morgan fingerprint density at radius 3 is 2.32 bits per heavy atom. The summed E-state index contributed by atoms with van der Waals surface area (Å²) in [5.41, 5.74) is 7.26. The molecule has 0 aliphatic heterocycles. The van der Waals surface area contributed by atoms with Crippen molar-refractivity contribution in [3.63, 3.8) is 0 Å². The van der Waals surface area contributed by atoms with E-state index in [0.717, 1.165) is 11.1 Å². The van der Waals surface area contributed by atoms with Gasteiger partial charge in [0.15, 0.2) is 11.5 Å². The topological polar surface area (TPSA) is 44.5 Å². The van der Waals surface area contributed by atoms with Crippen LogP contribution in [0.3, 0.4) is 0 Å². The maximum atomic E-state index is 12.9. The zero-order valence-electron chi connectivity index (χ0n) is 10.7. The molecule has 0 aliphatic rings. The third-order valence-corrected chi connectivity index (χ3v) is 2.72. The zero-order chi connectivity index (χ0) is 13.7. The fourth-order valence-corrected chi connectivity index (χ4v) is 1.78. The summed E-state index contributed by atoms with van der Waals surface area (Å²) in [6, 6.07) is 11.9. The van der Waals surface area contributed by atoms with Crippen LogP contribution < -0.4 is 15.2 Å². The molecule has 0 saturated heterocycles. The highest BCUT2D eigenvalue weighted by molar-refractivity contribution is 5.67. The van der Waals surface area contributed by atoms with Crippen LogP contribution in [0.1, 0.15) is 0 Å². The molecule has 4 heteroatoms. The van der Waals surface area contributed by atoms with Crippen molar-refractivity contribution in [2.75, 3.05) is 20.3 Å².